The van der Waals surface area contributed by atoms with Gasteiger partial charge in [0.15, 0.2) is 0 Å². The first-order chi connectivity index (χ1) is 17.6. The smallest absolute Gasteiger partial charge is 0.281 e. The zero-order valence-electron chi connectivity index (χ0n) is 19.9. The summed E-state index contributed by atoms with van der Waals surface area (Å²) >= 11 is 2.65. The molecule has 1 aliphatic rings. The van der Waals surface area contributed by atoms with Crippen LogP contribution in [0.4, 0.5) is 9.80 Å². The van der Waals surface area contributed by atoms with Crippen LogP contribution < -0.4 is 10.1 Å². The maximum atomic E-state index is 12.8. The summed E-state index contributed by atoms with van der Waals surface area (Å²) in [5.41, 5.74) is 3.18. The van der Waals surface area contributed by atoms with E-state index in [1.165, 1.54) is 29.2 Å². The molecule has 0 unspecified atom stereocenters. The van der Waals surface area contributed by atoms with Crippen molar-refractivity contribution in [3.05, 3.63) is 82.0 Å². The van der Waals surface area contributed by atoms with E-state index in [1.54, 1.807) is 17.2 Å². The molecule has 36 heavy (non-hydrogen) atoms. The Kier molecular flexibility index (Phi) is 8.76. The molecule has 7 nitrogen and oxygen atoms in total. The molecule has 1 N–H and O–H groups in total. The quantitative estimate of drug-likeness (QED) is 0.395. The van der Waals surface area contributed by atoms with Crippen molar-refractivity contribution in [1.82, 2.24) is 9.88 Å². The van der Waals surface area contributed by atoms with E-state index in [1.807, 2.05) is 49.4 Å². The van der Waals surface area contributed by atoms with Crippen LogP contribution in [0.25, 0.3) is 6.08 Å². The summed E-state index contributed by atoms with van der Waals surface area (Å²) in [7, 11) is 0. The van der Waals surface area contributed by atoms with E-state index in [-0.39, 0.29) is 11.1 Å². The predicted octanol–water partition coefficient (Wildman–Crippen LogP) is 5.52. The summed E-state index contributed by atoms with van der Waals surface area (Å²) in [6.07, 6.45) is 6.21. The third-order valence-electron chi connectivity index (χ3n) is 5.61. The molecule has 1 aromatic carbocycles. The van der Waals surface area contributed by atoms with E-state index >= 15 is 0 Å². The van der Waals surface area contributed by atoms with Crippen molar-refractivity contribution in [2.24, 2.45) is 0 Å². The van der Waals surface area contributed by atoms with Gasteiger partial charge >= 0.3 is 0 Å². The number of nitrogens with one attached hydrogen (secondary N) is 1. The van der Waals surface area contributed by atoms with E-state index < -0.39 is 0 Å². The van der Waals surface area contributed by atoms with Crippen LogP contribution in [0.1, 0.15) is 34.2 Å². The second-order valence-corrected chi connectivity index (χ2v) is 10.1. The molecule has 0 saturated carbocycles. The highest BCUT2D eigenvalue weighted by Gasteiger charge is 2.27. The average Bonchev–Trinajstić information content (AvgIpc) is 3.24. The summed E-state index contributed by atoms with van der Waals surface area (Å²) in [6, 6.07) is 15.5. The minimum Gasteiger partial charge on any atom is -0.493 e. The highest BCUT2D eigenvalue weighted by Crippen LogP contribution is 2.37. The van der Waals surface area contributed by atoms with Gasteiger partial charge < -0.3 is 15.0 Å². The average molecular weight is 519 g/mol. The van der Waals surface area contributed by atoms with Gasteiger partial charge in [-0.2, -0.15) is 5.26 Å². The normalized spacial score (nSPS) is 12.7. The topological polar surface area (TPSA) is 95.3 Å². The van der Waals surface area contributed by atoms with Crippen LogP contribution in [0.5, 0.6) is 5.75 Å². The van der Waals surface area contributed by atoms with Gasteiger partial charge in [-0.1, -0.05) is 36.0 Å². The molecular weight excluding hydrogens is 492 g/mol. The summed E-state index contributed by atoms with van der Waals surface area (Å²) in [5.74, 6) is 1.04. The fourth-order valence-corrected chi connectivity index (χ4v) is 5.91. The Morgan fingerprint density at radius 3 is 2.89 bits per heavy atom. The van der Waals surface area contributed by atoms with Gasteiger partial charge in [0.2, 0.25) is 5.91 Å². The Balaban J connectivity index is 1.38. The molecule has 0 atom stereocenters. The Morgan fingerprint density at radius 2 is 2.11 bits per heavy atom. The molecule has 9 heteroatoms. The number of aromatic nitrogens is 1. The number of nitriles is 1. The van der Waals surface area contributed by atoms with Crippen LogP contribution >= 0.6 is 23.1 Å². The van der Waals surface area contributed by atoms with E-state index in [0.29, 0.717) is 48.2 Å². The molecule has 0 bridgehead atoms. The molecule has 0 radical (unpaired) electrons. The van der Waals surface area contributed by atoms with Crippen LogP contribution in [0, 0.1) is 11.3 Å². The lowest BCUT2D eigenvalue weighted by molar-refractivity contribution is -0.111. The minimum absolute atomic E-state index is 0.0185. The summed E-state index contributed by atoms with van der Waals surface area (Å²) in [6.45, 7) is 3.43. The van der Waals surface area contributed by atoms with Gasteiger partial charge in [-0.3, -0.25) is 14.6 Å². The van der Waals surface area contributed by atoms with Crippen molar-refractivity contribution < 1.29 is 14.3 Å². The monoisotopic (exact) mass is 518 g/mol. The van der Waals surface area contributed by atoms with E-state index in [2.05, 4.69) is 16.4 Å². The number of carbonyl (C=O) groups is 2. The summed E-state index contributed by atoms with van der Waals surface area (Å²) < 4.78 is 5.59. The number of anilines is 1. The molecule has 2 aromatic heterocycles. The zero-order chi connectivity index (χ0) is 25.3. The molecule has 0 aliphatic carbocycles. The first kappa shape index (κ1) is 25.5. The van der Waals surface area contributed by atoms with Crippen LogP contribution in [-0.4, -0.2) is 39.9 Å². The minimum atomic E-state index is -0.325. The maximum Gasteiger partial charge on any atom is 0.281 e. The number of pyridine rings is 1. The lowest BCUT2D eigenvalue weighted by Gasteiger charge is -2.26. The molecule has 3 heterocycles. The zero-order valence-corrected chi connectivity index (χ0v) is 21.5. The molecule has 0 saturated heterocycles. The molecule has 4 rings (SSSR count). The second kappa shape index (κ2) is 12.4. The van der Waals surface area contributed by atoms with Crippen molar-refractivity contribution in [1.29, 1.82) is 5.26 Å². The van der Waals surface area contributed by atoms with Crippen LogP contribution in [0.2, 0.25) is 0 Å². The van der Waals surface area contributed by atoms with Crippen molar-refractivity contribution in [3.8, 4) is 11.8 Å². The Morgan fingerprint density at radius 1 is 1.28 bits per heavy atom. The SMILES string of the molecule is CCOc1ccccc1C=CC(=O)Nc1sc2c(c1C#N)CCN(C(=O)SCCc1ccccn1)C2. The third kappa shape index (κ3) is 6.33. The fraction of sp³-hybridized carbons (Fsp3) is 0.259. The lowest BCUT2D eigenvalue weighted by Crippen LogP contribution is -2.33. The summed E-state index contributed by atoms with van der Waals surface area (Å²) in [4.78, 5) is 32.4. The molecular formula is C27H26N4O3S2. The van der Waals surface area contributed by atoms with Crippen LogP contribution in [0.3, 0.4) is 0 Å². The molecule has 2 amide bonds. The highest BCUT2D eigenvalue weighted by atomic mass is 32.2. The number of nitrogens with zero attached hydrogens (tertiary/aromatic N) is 3. The Bertz CT molecular complexity index is 1300. The van der Waals surface area contributed by atoms with Gasteiger partial charge in [0.1, 0.15) is 16.8 Å². The molecule has 0 spiro atoms. The number of benzene rings is 1. The van der Waals surface area contributed by atoms with Gasteiger partial charge in [0.05, 0.1) is 18.7 Å². The highest BCUT2D eigenvalue weighted by molar-refractivity contribution is 8.13. The standard InChI is InChI=1S/C27H26N4O3S2/c1-2-34-23-9-4-3-7-19(23)10-11-25(32)30-26-22(17-28)21-12-15-31(18-24(21)36-26)27(33)35-16-13-20-8-5-6-14-29-20/h3-11,14H,2,12-13,15-16,18H2,1H3,(H,30,32). The van der Waals surface area contributed by atoms with E-state index in [9.17, 15) is 14.9 Å². The van der Waals surface area contributed by atoms with Gasteiger partial charge in [-0.25, -0.2) is 0 Å². The molecule has 0 fully saturated rings. The van der Waals surface area contributed by atoms with Gasteiger partial charge in [-0.05, 0) is 49.6 Å². The number of thiophene rings is 1. The number of amides is 2. The van der Waals surface area contributed by atoms with Crippen molar-refractivity contribution in [2.45, 2.75) is 26.3 Å². The number of ether oxygens (including phenoxy) is 1. The number of fused-ring (bicyclic) bond motifs is 1. The Hall–Kier alpha value is -3.61. The number of hydrogen-bond acceptors (Lipinski definition) is 7. The van der Waals surface area contributed by atoms with Gasteiger partial charge in [0.25, 0.3) is 5.24 Å². The number of aryl methyl sites for hydroxylation is 1. The van der Waals surface area contributed by atoms with Crippen molar-refractivity contribution >= 4 is 45.3 Å². The number of hydrogen-bond donors (Lipinski definition) is 1. The van der Waals surface area contributed by atoms with Gasteiger partial charge in [-0.15, -0.1) is 11.3 Å². The van der Waals surface area contributed by atoms with Gasteiger partial charge in [0, 0.05) is 40.7 Å². The van der Waals surface area contributed by atoms with E-state index in [0.717, 1.165) is 28.1 Å². The number of rotatable bonds is 8. The number of thioether (sulfide) groups is 1. The fourth-order valence-electron chi connectivity index (χ4n) is 3.87. The third-order valence-corrected chi connectivity index (χ3v) is 7.65. The van der Waals surface area contributed by atoms with Crippen LogP contribution in [-0.2, 0) is 24.2 Å². The lowest BCUT2D eigenvalue weighted by atomic mass is 10.0. The molecule has 3 aromatic rings. The first-order valence-electron chi connectivity index (χ1n) is 11.7. The predicted molar refractivity (Wildman–Crippen MR) is 144 cm³/mol. The van der Waals surface area contributed by atoms with Crippen molar-refractivity contribution in [3.63, 3.8) is 0 Å². The maximum absolute atomic E-state index is 12.8. The van der Waals surface area contributed by atoms with Crippen molar-refractivity contribution in [2.75, 3.05) is 24.2 Å². The summed E-state index contributed by atoms with van der Waals surface area (Å²) in [5, 5.41) is 13.1. The largest absolute Gasteiger partial charge is 0.493 e. The molecule has 184 valence electrons. The van der Waals surface area contributed by atoms with E-state index in [4.69, 9.17) is 4.74 Å². The second-order valence-electron chi connectivity index (χ2n) is 7.97. The van der Waals surface area contributed by atoms with Crippen LogP contribution in [0.15, 0.2) is 54.7 Å². The molecule has 1 aliphatic heterocycles. The Labute approximate surface area is 218 Å². The first-order valence-corrected chi connectivity index (χ1v) is 13.5. The number of carbonyl (C=O) groups excluding carboxylic acids is 2. The number of para-hydroxylation sites is 1.